The Balaban J connectivity index is 1.92. The molecule has 1 amide bonds. The molecule has 1 saturated carbocycles. The van der Waals surface area contributed by atoms with E-state index in [9.17, 15) is 9.59 Å². The molecule has 2 N–H and O–H groups in total. The second-order valence-electron chi connectivity index (χ2n) is 3.38. The zero-order chi connectivity index (χ0) is 11.0. The molecule has 1 aromatic rings. The van der Waals surface area contributed by atoms with Gasteiger partial charge in [0.15, 0.2) is 0 Å². The van der Waals surface area contributed by atoms with Crippen molar-refractivity contribution in [2.45, 2.75) is 6.42 Å². The summed E-state index contributed by atoms with van der Waals surface area (Å²) in [6.07, 6.45) is 0.376. The van der Waals surface area contributed by atoms with E-state index in [1.165, 1.54) is 4.80 Å². The average molecular weight is 211 g/mol. The molecule has 1 aliphatic carbocycles. The number of hydrogen-bond donors (Lipinski definition) is 2. The van der Waals surface area contributed by atoms with E-state index in [4.69, 9.17) is 5.11 Å². The number of aliphatic carboxylic acids is 1. The Morgan fingerprint density at radius 3 is 2.73 bits per heavy atom. The first kappa shape index (κ1) is 9.56. The minimum absolute atomic E-state index is 0.0959. The standard InChI is InChI=1S/C7H9N5O3/c1-12-10-7(9-11-12)8-5(13)3-2-4(3)6(14)15/h3-4H,2H2,1H3,(H,14,15)(H,8,10,13). The van der Waals surface area contributed by atoms with Gasteiger partial charge < -0.3 is 5.11 Å². The summed E-state index contributed by atoms with van der Waals surface area (Å²) in [5.74, 6) is -2.25. The summed E-state index contributed by atoms with van der Waals surface area (Å²) in [6, 6.07) is 0. The normalized spacial score (nSPS) is 23.5. The molecule has 0 aromatic carbocycles. The van der Waals surface area contributed by atoms with Gasteiger partial charge in [0.2, 0.25) is 5.91 Å². The van der Waals surface area contributed by atoms with Crippen molar-refractivity contribution >= 4 is 17.8 Å². The lowest BCUT2D eigenvalue weighted by Crippen LogP contribution is -2.17. The smallest absolute Gasteiger partial charge is 0.307 e. The van der Waals surface area contributed by atoms with Crippen LogP contribution in [0, 0.1) is 11.8 Å². The SMILES string of the molecule is Cn1nnc(NC(=O)C2CC2C(=O)O)n1. The first-order valence-electron chi connectivity index (χ1n) is 4.35. The van der Waals surface area contributed by atoms with Crippen LogP contribution in [0.4, 0.5) is 5.95 Å². The van der Waals surface area contributed by atoms with Crippen LogP contribution < -0.4 is 5.32 Å². The highest BCUT2D eigenvalue weighted by Crippen LogP contribution is 2.39. The third-order valence-electron chi connectivity index (χ3n) is 2.19. The summed E-state index contributed by atoms with van der Waals surface area (Å²) >= 11 is 0. The Morgan fingerprint density at radius 1 is 1.53 bits per heavy atom. The zero-order valence-electron chi connectivity index (χ0n) is 7.91. The highest BCUT2D eigenvalue weighted by molar-refractivity contribution is 5.97. The molecule has 0 bridgehead atoms. The van der Waals surface area contributed by atoms with Crippen molar-refractivity contribution in [2.75, 3.05) is 5.32 Å². The van der Waals surface area contributed by atoms with Gasteiger partial charge in [0.1, 0.15) is 0 Å². The van der Waals surface area contributed by atoms with E-state index in [0.29, 0.717) is 6.42 Å². The number of nitrogens with zero attached hydrogens (tertiary/aromatic N) is 4. The van der Waals surface area contributed by atoms with Gasteiger partial charge in [-0.1, -0.05) is 5.10 Å². The maximum absolute atomic E-state index is 11.4. The van der Waals surface area contributed by atoms with Gasteiger partial charge in [0.25, 0.3) is 5.95 Å². The average Bonchev–Trinajstić information content (AvgIpc) is 2.86. The molecule has 0 radical (unpaired) electrons. The lowest BCUT2D eigenvalue weighted by molar-refractivity contribution is -0.139. The molecular formula is C7H9N5O3. The van der Waals surface area contributed by atoms with E-state index in [1.54, 1.807) is 7.05 Å². The van der Waals surface area contributed by atoms with Crippen LogP contribution in [0.25, 0.3) is 0 Å². The number of anilines is 1. The van der Waals surface area contributed by atoms with Crippen LogP contribution in [0.1, 0.15) is 6.42 Å². The Hall–Kier alpha value is -1.99. The Labute approximate surface area is 84.3 Å². The van der Waals surface area contributed by atoms with Crippen LogP contribution in [-0.4, -0.2) is 37.2 Å². The van der Waals surface area contributed by atoms with Crippen LogP contribution in [0.5, 0.6) is 0 Å². The number of aromatic nitrogens is 4. The lowest BCUT2D eigenvalue weighted by atomic mass is 10.3. The molecule has 1 aromatic heterocycles. The molecule has 1 aliphatic rings. The van der Waals surface area contributed by atoms with E-state index >= 15 is 0 Å². The summed E-state index contributed by atoms with van der Waals surface area (Å²) in [4.78, 5) is 23.1. The topological polar surface area (TPSA) is 110 Å². The first-order valence-corrected chi connectivity index (χ1v) is 4.35. The third kappa shape index (κ3) is 1.92. The highest BCUT2D eigenvalue weighted by Gasteiger charge is 2.48. The molecule has 2 atom stereocenters. The summed E-state index contributed by atoms with van der Waals surface area (Å²) in [6.45, 7) is 0. The van der Waals surface area contributed by atoms with Crippen molar-refractivity contribution in [3.63, 3.8) is 0 Å². The summed E-state index contributed by atoms with van der Waals surface area (Å²) < 4.78 is 0. The second-order valence-corrected chi connectivity index (χ2v) is 3.38. The fraction of sp³-hybridized carbons (Fsp3) is 0.571. The molecule has 0 spiro atoms. The minimum atomic E-state index is -0.942. The molecular weight excluding hydrogens is 202 g/mol. The molecule has 1 heterocycles. The van der Waals surface area contributed by atoms with E-state index in [0.717, 1.165) is 0 Å². The van der Waals surface area contributed by atoms with Crippen molar-refractivity contribution in [1.82, 2.24) is 20.2 Å². The van der Waals surface area contributed by atoms with Crippen molar-refractivity contribution < 1.29 is 14.7 Å². The van der Waals surface area contributed by atoms with Crippen molar-refractivity contribution in [1.29, 1.82) is 0 Å². The van der Waals surface area contributed by atoms with Gasteiger partial charge in [-0.05, 0) is 11.6 Å². The number of carboxylic acid groups (broad SMARTS) is 1. The van der Waals surface area contributed by atoms with E-state index < -0.39 is 17.8 Å². The fourth-order valence-electron chi connectivity index (χ4n) is 1.29. The number of hydrogen-bond acceptors (Lipinski definition) is 5. The number of tetrazole rings is 1. The summed E-state index contributed by atoms with van der Waals surface area (Å²) in [7, 11) is 1.57. The van der Waals surface area contributed by atoms with Crippen LogP contribution in [0.2, 0.25) is 0 Å². The number of carbonyl (C=O) groups is 2. The second kappa shape index (κ2) is 3.30. The zero-order valence-corrected chi connectivity index (χ0v) is 7.91. The molecule has 80 valence electrons. The number of rotatable bonds is 3. The molecule has 1 fully saturated rings. The Morgan fingerprint density at radius 2 is 2.27 bits per heavy atom. The molecule has 0 aliphatic heterocycles. The molecule has 8 nitrogen and oxygen atoms in total. The molecule has 15 heavy (non-hydrogen) atoms. The number of carboxylic acids is 1. The molecule has 8 heteroatoms. The van der Waals surface area contributed by atoms with Crippen LogP contribution in [0.3, 0.4) is 0 Å². The maximum atomic E-state index is 11.4. The summed E-state index contributed by atoms with van der Waals surface area (Å²) in [5, 5.41) is 21.8. The fourth-order valence-corrected chi connectivity index (χ4v) is 1.29. The number of carbonyl (C=O) groups excluding carboxylic acids is 1. The van der Waals surface area contributed by atoms with E-state index in [-0.39, 0.29) is 11.9 Å². The van der Waals surface area contributed by atoms with Crippen molar-refractivity contribution in [3.8, 4) is 0 Å². The van der Waals surface area contributed by atoms with Crippen molar-refractivity contribution in [2.24, 2.45) is 18.9 Å². The van der Waals surface area contributed by atoms with Gasteiger partial charge in [-0.3, -0.25) is 14.9 Å². The quantitative estimate of drug-likeness (QED) is 0.654. The van der Waals surface area contributed by atoms with E-state index in [1.807, 2.05) is 0 Å². The van der Waals surface area contributed by atoms with Gasteiger partial charge in [-0.25, -0.2) is 0 Å². The number of nitrogens with one attached hydrogen (secondary N) is 1. The maximum Gasteiger partial charge on any atom is 0.307 e. The van der Waals surface area contributed by atoms with Crippen molar-refractivity contribution in [3.05, 3.63) is 0 Å². The van der Waals surface area contributed by atoms with Gasteiger partial charge in [0.05, 0.1) is 18.9 Å². The van der Waals surface area contributed by atoms with Gasteiger partial charge in [-0.15, -0.1) is 5.10 Å². The molecule has 2 rings (SSSR count). The summed E-state index contributed by atoms with van der Waals surface area (Å²) in [5.41, 5.74) is 0. The Kier molecular flexibility index (Phi) is 2.10. The highest BCUT2D eigenvalue weighted by atomic mass is 16.4. The largest absolute Gasteiger partial charge is 0.481 e. The first-order chi connectivity index (χ1) is 7.08. The van der Waals surface area contributed by atoms with Gasteiger partial charge in [-0.2, -0.15) is 4.80 Å². The van der Waals surface area contributed by atoms with E-state index in [2.05, 4.69) is 20.7 Å². The van der Waals surface area contributed by atoms with Crippen LogP contribution >= 0.6 is 0 Å². The van der Waals surface area contributed by atoms with Gasteiger partial charge in [0, 0.05) is 0 Å². The Bertz CT molecular complexity index is 415. The van der Waals surface area contributed by atoms with Gasteiger partial charge >= 0.3 is 5.97 Å². The lowest BCUT2D eigenvalue weighted by Gasteiger charge is -1.96. The third-order valence-corrected chi connectivity index (χ3v) is 2.19. The number of amides is 1. The monoisotopic (exact) mass is 211 g/mol. The minimum Gasteiger partial charge on any atom is -0.481 e. The molecule has 2 unspecified atom stereocenters. The number of aryl methyl sites for hydroxylation is 1. The van der Waals surface area contributed by atoms with Crippen LogP contribution in [-0.2, 0) is 16.6 Å². The predicted octanol–water partition coefficient (Wildman–Crippen LogP) is -1.13. The van der Waals surface area contributed by atoms with Crippen LogP contribution in [0.15, 0.2) is 0 Å². The predicted molar refractivity (Wildman–Crippen MR) is 46.7 cm³/mol. The molecule has 0 saturated heterocycles.